The molecule has 1 aromatic carbocycles. The smallest absolute Gasteiger partial charge is 0.311 e. The maximum atomic E-state index is 11.4. The molecule has 0 spiro atoms. The molecule has 0 atom stereocenters. The molecule has 0 aromatic heterocycles. The number of hydrogen-bond donors (Lipinski definition) is 1. The van der Waals surface area contributed by atoms with E-state index in [9.17, 15) is 9.59 Å². The van der Waals surface area contributed by atoms with Crippen molar-refractivity contribution in [1.82, 2.24) is 5.32 Å². The number of rotatable bonds is 6. The third kappa shape index (κ3) is 6.21. The van der Waals surface area contributed by atoms with Crippen LogP contribution >= 0.6 is 0 Å². The van der Waals surface area contributed by atoms with Gasteiger partial charge in [-0.05, 0) is 30.2 Å². The fourth-order valence-electron chi connectivity index (χ4n) is 1.34. The third-order valence-electron chi connectivity index (χ3n) is 2.20. The first-order valence-corrected chi connectivity index (χ1v) is 5.97. The second-order valence-electron chi connectivity index (χ2n) is 3.91. The Morgan fingerprint density at radius 2 is 2.21 bits per heavy atom. The van der Waals surface area contributed by atoms with Gasteiger partial charge < -0.3 is 10.1 Å². The summed E-state index contributed by atoms with van der Waals surface area (Å²) >= 11 is 0. The number of carbonyl (C=O) groups is 2. The minimum absolute atomic E-state index is 0.136. The maximum absolute atomic E-state index is 11.4. The predicted octanol–water partition coefficient (Wildman–Crippen LogP) is 2.67. The van der Waals surface area contributed by atoms with Crippen molar-refractivity contribution < 1.29 is 14.3 Å². The highest BCUT2D eigenvalue weighted by molar-refractivity contribution is 5.75. The monoisotopic (exact) mass is 259 g/mol. The molecule has 0 radical (unpaired) electrons. The summed E-state index contributed by atoms with van der Waals surface area (Å²) in [5, 5.41) is 2.54. The minimum atomic E-state index is -0.289. The Hall–Kier alpha value is -2.36. The molecule has 19 heavy (non-hydrogen) atoms. The summed E-state index contributed by atoms with van der Waals surface area (Å²) in [6, 6.07) is 7.06. The van der Waals surface area contributed by atoms with Crippen LogP contribution in [0.4, 0.5) is 0 Å². The molecular formula is C15H17NO3. The molecule has 1 aromatic rings. The molecule has 4 nitrogen and oxygen atoms in total. The molecule has 4 heteroatoms. The number of ether oxygens (including phenoxy) is 1. The van der Waals surface area contributed by atoms with Crippen LogP contribution in [0.15, 0.2) is 43.1 Å². The maximum Gasteiger partial charge on any atom is 0.311 e. The summed E-state index contributed by atoms with van der Waals surface area (Å²) in [5.41, 5.74) is 0.836. The van der Waals surface area contributed by atoms with Crippen LogP contribution in [0, 0.1) is 0 Å². The van der Waals surface area contributed by atoms with Crippen molar-refractivity contribution >= 4 is 18.0 Å². The van der Waals surface area contributed by atoms with Crippen LogP contribution in [0.1, 0.15) is 25.3 Å². The summed E-state index contributed by atoms with van der Waals surface area (Å²) in [4.78, 5) is 22.1. The first-order valence-electron chi connectivity index (χ1n) is 5.97. The van der Waals surface area contributed by atoms with Gasteiger partial charge in [-0.25, -0.2) is 0 Å². The van der Waals surface area contributed by atoms with Crippen LogP contribution < -0.4 is 10.1 Å². The number of benzene rings is 1. The van der Waals surface area contributed by atoms with Gasteiger partial charge in [-0.1, -0.05) is 18.2 Å². The molecule has 1 N–H and O–H groups in total. The molecule has 0 bridgehead atoms. The molecule has 0 heterocycles. The van der Waals surface area contributed by atoms with E-state index in [0.717, 1.165) is 5.56 Å². The van der Waals surface area contributed by atoms with Gasteiger partial charge in [0.25, 0.3) is 0 Å². The van der Waals surface area contributed by atoms with E-state index >= 15 is 0 Å². The number of carbonyl (C=O) groups excluding carboxylic acids is 2. The first-order chi connectivity index (χ1) is 9.11. The average molecular weight is 259 g/mol. The SMILES string of the molecule is C=CCCC(=O)Oc1cccc(/C=C/NC(C)=O)c1. The van der Waals surface area contributed by atoms with Gasteiger partial charge in [-0.2, -0.15) is 0 Å². The van der Waals surface area contributed by atoms with Gasteiger partial charge in [0.05, 0.1) is 0 Å². The number of nitrogens with one attached hydrogen (secondary N) is 1. The fourth-order valence-corrected chi connectivity index (χ4v) is 1.34. The number of esters is 1. The lowest BCUT2D eigenvalue weighted by Gasteiger charge is -2.04. The summed E-state index contributed by atoms with van der Waals surface area (Å²) < 4.78 is 5.18. The van der Waals surface area contributed by atoms with Crippen LogP contribution in [-0.4, -0.2) is 11.9 Å². The van der Waals surface area contributed by atoms with E-state index < -0.39 is 0 Å². The molecule has 0 saturated carbocycles. The topological polar surface area (TPSA) is 55.4 Å². The van der Waals surface area contributed by atoms with Crippen molar-refractivity contribution in [3.05, 3.63) is 48.7 Å². The Kier molecular flexibility index (Phi) is 6.09. The summed E-state index contributed by atoms with van der Waals surface area (Å²) in [5.74, 6) is 0.0604. The van der Waals surface area contributed by atoms with Crippen LogP contribution in [-0.2, 0) is 9.59 Å². The predicted molar refractivity (Wildman–Crippen MR) is 74.4 cm³/mol. The lowest BCUT2D eigenvalue weighted by atomic mass is 10.2. The van der Waals surface area contributed by atoms with Crippen molar-refractivity contribution in [2.45, 2.75) is 19.8 Å². The highest BCUT2D eigenvalue weighted by atomic mass is 16.5. The minimum Gasteiger partial charge on any atom is -0.426 e. The van der Waals surface area contributed by atoms with Crippen LogP contribution in [0.2, 0.25) is 0 Å². The van der Waals surface area contributed by atoms with Crippen molar-refractivity contribution in [1.29, 1.82) is 0 Å². The van der Waals surface area contributed by atoms with Crippen molar-refractivity contribution in [2.24, 2.45) is 0 Å². The fraction of sp³-hybridized carbons (Fsp3) is 0.200. The second kappa shape index (κ2) is 7.87. The molecule has 100 valence electrons. The van der Waals surface area contributed by atoms with Crippen LogP contribution in [0.5, 0.6) is 5.75 Å². The van der Waals surface area contributed by atoms with Gasteiger partial charge in [-0.15, -0.1) is 6.58 Å². The van der Waals surface area contributed by atoms with Crippen molar-refractivity contribution in [3.8, 4) is 5.75 Å². The molecule has 0 aliphatic heterocycles. The first kappa shape index (κ1) is 14.7. The molecule has 0 unspecified atom stereocenters. The van der Waals surface area contributed by atoms with Gasteiger partial charge in [0.2, 0.25) is 5.91 Å². The Morgan fingerprint density at radius 1 is 1.42 bits per heavy atom. The van der Waals surface area contributed by atoms with Gasteiger partial charge in [0, 0.05) is 19.5 Å². The lowest BCUT2D eigenvalue weighted by molar-refractivity contribution is -0.134. The quantitative estimate of drug-likeness (QED) is 0.485. The molecule has 0 aliphatic rings. The van der Waals surface area contributed by atoms with Gasteiger partial charge in [-0.3, -0.25) is 9.59 Å². The molecule has 0 saturated heterocycles. The molecular weight excluding hydrogens is 242 g/mol. The van der Waals surface area contributed by atoms with Crippen molar-refractivity contribution in [3.63, 3.8) is 0 Å². The second-order valence-corrected chi connectivity index (χ2v) is 3.91. The van der Waals surface area contributed by atoms with E-state index in [1.807, 2.05) is 6.07 Å². The van der Waals surface area contributed by atoms with E-state index in [0.29, 0.717) is 18.6 Å². The number of amides is 1. The largest absolute Gasteiger partial charge is 0.426 e. The summed E-state index contributed by atoms with van der Waals surface area (Å²) in [7, 11) is 0. The van der Waals surface area contributed by atoms with Crippen molar-refractivity contribution in [2.75, 3.05) is 0 Å². The Morgan fingerprint density at radius 3 is 2.89 bits per heavy atom. The molecule has 0 fully saturated rings. The zero-order valence-corrected chi connectivity index (χ0v) is 10.9. The lowest BCUT2D eigenvalue weighted by Crippen LogP contribution is -2.11. The normalized spacial score (nSPS) is 10.2. The molecule has 1 rings (SSSR count). The van der Waals surface area contributed by atoms with Crippen LogP contribution in [0.3, 0.4) is 0 Å². The van der Waals surface area contributed by atoms with E-state index in [2.05, 4.69) is 11.9 Å². The Labute approximate surface area is 112 Å². The van der Waals surface area contributed by atoms with Crippen LogP contribution in [0.25, 0.3) is 6.08 Å². The third-order valence-corrected chi connectivity index (χ3v) is 2.20. The highest BCUT2D eigenvalue weighted by Crippen LogP contribution is 2.15. The summed E-state index contributed by atoms with van der Waals surface area (Å²) in [6.45, 7) is 4.98. The van der Waals surface area contributed by atoms with E-state index in [1.54, 1.807) is 36.6 Å². The number of allylic oxidation sites excluding steroid dienone is 1. The van der Waals surface area contributed by atoms with E-state index in [4.69, 9.17) is 4.74 Å². The van der Waals surface area contributed by atoms with Gasteiger partial charge >= 0.3 is 5.97 Å². The average Bonchev–Trinajstić information content (AvgIpc) is 2.36. The summed E-state index contributed by atoms with van der Waals surface area (Å²) in [6.07, 6.45) is 5.85. The van der Waals surface area contributed by atoms with Gasteiger partial charge in [0.15, 0.2) is 0 Å². The molecule has 1 amide bonds. The van der Waals surface area contributed by atoms with E-state index in [1.165, 1.54) is 6.92 Å². The number of hydrogen-bond acceptors (Lipinski definition) is 3. The zero-order valence-electron chi connectivity index (χ0n) is 10.9. The zero-order chi connectivity index (χ0) is 14.1. The molecule has 0 aliphatic carbocycles. The Balaban J connectivity index is 2.61. The van der Waals surface area contributed by atoms with E-state index in [-0.39, 0.29) is 11.9 Å². The Bertz CT molecular complexity index is 492. The standard InChI is InChI=1S/C15H17NO3/c1-3-4-8-15(18)19-14-7-5-6-13(11-14)9-10-16-12(2)17/h3,5-7,9-11H,1,4,8H2,2H3,(H,16,17)/b10-9+. The van der Waals surface area contributed by atoms with Gasteiger partial charge in [0.1, 0.15) is 5.75 Å². The highest BCUT2D eigenvalue weighted by Gasteiger charge is 2.03.